The molecule has 0 saturated heterocycles. The summed E-state index contributed by atoms with van der Waals surface area (Å²) in [7, 11) is 0. The fraction of sp³-hybridized carbons (Fsp3) is 0.906. The van der Waals surface area contributed by atoms with Gasteiger partial charge in [-0.15, -0.1) is 0 Å². The van der Waals surface area contributed by atoms with Crippen molar-refractivity contribution >= 4 is 5.97 Å². The zero-order valence-electron chi connectivity index (χ0n) is 23.7. The third-order valence-corrected chi connectivity index (χ3v) is 13.3. The van der Waals surface area contributed by atoms with Crippen molar-refractivity contribution < 1.29 is 9.53 Å². The molecule has 4 fully saturated rings. The highest BCUT2D eigenvalue weighted by Gasteiger charge is 2.68. The van der Waals surface area contributed by atoms with Crippen molar-refractivity contribution in [2.75, 3.05) is 0 Å². The van der Waals surface area contributed by atoms with E-state index >= 15 is 0 Å². The smallest absolute Gasteiger partial charge is 0.302 e. The number of fused-ring (bicyclic) bond motifs is 7. The first-order valence-corrected chi connectivity index (χ1v) is 14.6. The molecule has 34 heavy (non-hydrogen) atoms. The maximum atomic E-state index is 11.9. The van der Waals surface area contributed by atoms with Crippen LogP contribution in [0.5, 0.6) is 0 Å². The second-order valence-electron chi connectivity index (χ2n) is 15.3. The molecular formula is C32H52O2. The number of esters is 1. The third kappa shape index (κ3) is 3.08. The summed E-state index contributed by atoms with van der Waals surface area (Å²) in [5.41, 5.74) is 3.33. The minimum Gasteiger partial charge on any atom is -0.462 e. The number of allylic oxidation sites excluding steroid dienone is 2. The molecule has 0 aromatic carbocycles. The number of carbonyl (C=O) groups is 1. The highest BCUT2D eigenvalue weighted by Crippen LogP contribution is 2.76. The van der Waals surface area contributed by atoms with Crippen LogP contribution in [0.3, 0.4) is 0 Å². The molecule has 0 aliphatic heterocycles. The minimum absolute atomic E-state index is 0.0257. The topological polar surface area (TPSA) is 26.3 Å². The van der Waals surface area contributed by atoms with E-state index in [9.17, 15) is 4.79 Å². The molecule has 0 radical (unpaired) electrons. The Morgan fingerprint density at radius 2 is 1.65 bits per heavy atom. The van der Waals surface area contributed by atoms with Gasteiger partial charge in [0.15, 0.2) is 0 Å². The average molecular weight is 469 g/mol. The molecule has 5 rings (SSSR count). The largest absolute Gasteiger partial charge is 0.462 e. The van der Waals surface area contributed by atoms with E-state index in [-0.39, 0.29) is 22.9 Å². The van der Waals surface area contributed by atoms with Gasteiger partial charge >= 0.3 is 5.97 Å². The van der Waals surface area contributed by atoms with Gasteiger partial charge in [-0.25, -0.2) is 0 Å². The Bertz CT molecular complexity index is 883. The van der Waals surface area contributed by atoms with Crippen LogP contribution in [0.15, 0.2) is 11.6 Å². The molecule has 9 unspecified atom stereocenters. The van der Waals surface area contributed by atoms with Crippen molar-refractivity contribution in [3.63, 3.8) is 0 Å². The molecule has 4 saturated carbocycles. The Balaban J connectivity index is 1.54. The van der Waals surface area contributed by atoms with Crippen molar-refractivity contribution in [2.45, 2.75) is 126 Å². The standard InChI is InChI=1S/C32H52O2/c1-20(2)22-12-15-29(6)18-19-31(8)23(27(22)29)10-11-25-30(7)16-14-26(34-21(3)33)28(4,5)24(30)13-17-32(25,31)9/h11,20,22-24,26-27H,10,12-19H2,1-9H3. The average Bonchev–Trinajstić information content (AvgIpc) is 3.08. The second-order valence-corrected chi connectivity index (χ2v) is 15.3. The molecule has 192 valence electrons. The Kier molecular flexibility index (Phi) is 5.57. The Morgan fingerprint density at radius 3 is 2.29 bits per heavy atom. The van der Waals surface area contributed by atoms with Gasteiger partial charge in [0.05, 0.1) is 0 Å². The summed E-state index contributed by atoms with van der Waals surface area (Å²) < 4.78 is 5.90. The van der Waals surface area contributed by atoms with Crippen LogP contribution in [0.4, 0.5) is 0 Å². The second kappa shape index (κ2) is 7.61. The number of carbonyl (C=O) groups excluding carboxylic acids is 1. The van der Waals surface area contributed by atoms with Crippen LogP contribution in [-0.4, -0.2) is 12.1 Å². The molecule has 9 atom stereocenters. The highest BCUT2D eigenvalue weighted by atomic mass is 16.5. The summed E-state index contributed by atoms with van der Waals surface area (Å²) in [5.74, 6) is 3.90. The van der Waals surface area contributed by atoms with Gasteiger partial charge < -0.3 is 4.74 Å². The van der Waals surface area contributed by atoms with Crippen molar-refractivity contribution in [1.29, 1.82) is 0 Å². The van der Waals surface area contributed by atoms with E-state index in [1.165, 1.54) is 44.9 Å². The first kappa shape index (κ1) is 24.9. The first-order chi connectivity index (χ1) is 15.7. The summed E-state index contributed by atoms with van der Waals surface area (Å²) in [4.78, 5) is 11.9. The molecule has 0 aromatic rings. The Morgan fingerprint density at radius 1 is 0.941 bits per heavy atom. The summed E-state index contributed by atoms with van der Waals surface area (Å²) in [6.45, 7) is 22.0. The van der Waals surface area contributed by atoms with Crippen LogP contribution in [0, 0.1) is 56.7 Å². The van der Waals surface area contributed by atoms with Crippen LogP contribution in [-0.2, 0) is 9.53 Å². The van der Waals surface area contributed by atoms with Crippen molar-refractivity contribution in [2.24, 2.45) is 56.7 Å². The van der Waals surface area contributed by atoms with Crippen molar-refractivity contribution in [1.82, 2.24) is 0 Å². The van der Waals surface area contributed by atoms with E-state index in [1.807, 2.05) is 0 Å². The lowest BCUT2D eigenvalue weighted by Crippen LogP contribution is -2.62. The van der Waals surface area contributed by atoms with Crippen LogP contribution < -0.4 is 0 Å². The van der Waals surface area contributed by atoms with Crippen LogP contribution in [0.2, 0.25) is 0 Å². The monoisotopic (exact) mass is 468 g/mol. The molecule has 2 nitrogen and oxygen atoms in total. The molecule has 5 aliphatic carbocycles. The minimum atomic E-state index is -0.115. The molecule has 0 N–H and O–H groups in total. The zero-order chi connectivity index (χ0) is 24.9. The Hall–Kier alpha value is -0.790. The molecular weight excluding hydrogens is 416 g/mol. The fourth-order valence-corrected chi connectivity index (χ4v) is 11.3. The summed E-state index contributed by atoms with van der Waals surface area (Å²) >= 11 is 0. The SMILES string of the molecule is CC(=O)OC1CCC2(C)C3=CCC4C5C(C(C)C)CCC5(C)CCC4(C)C3(C)CCC2C1(C)C. The molecule has 0 amide bonds. The molecule has 2 heteroatoms. The van der Waals surface area contributed by atoms with Crippen LogP contribution in [0.25, 0.3) is 0 Å². The Labute approximate surface area is 210 Å². The lowest BCUT2D eigenvalue weighted by atomic mass is 9.35. The predicted octanol–water partition coefficient (Wildman–Crippen LogP) is 8.60. The summed E-state index contributed by atoms with van der Waals surface area (Å²) in [6.07, 6.45) is 14.6. The summed E-state index contributed by atoms with van der Waals surface area (Å²) in [5, 5.41) is 0. The lowest BCUT2D eigenvalue weighted by molar-refractivity contribution is -0.180. The van der Waals surface area contributed by atoms with Gasteiger partial charge in [-0.05, 0) is 109 Å². The van der Waals surface area contributed by atoms with E-state index in [0.29, 0.717) is 22.2 Å². The van der Waals surface area contributed by atoms with Gasteiger partial charge in [-0.2, -0.15) is 0 Å². The van der Waals surface area contributed by atoms with Gasteiger partial charge in [0.25, 0.3) is 0 Å². The molecule has 5 aliphatic rings. The molecule has 0 bridgehead atoms. The van der Waals surface area contributed by atoms with Gasteiger partial charge in [0, 0.05) is 12.3 Å². The van der Waals surface area contributed by atoms with E-state index in [1.54, 1.807) is 12.5 Å². The fourth-order valence-electron chi connectivity index (χ4n) is 11.3. The third-order valence-electron chi connectivity index (χ3n) is 13.3. The maximum Gasteiger partial charge on any atom is 0.302 e. The number of ether oxygens (including phenoxy) is 1. The van der Waals surface area contributed by atoms with E-state index < -0.39 is 0 Å². The van der Waals surface area contributed by atoms with Gasteiger partial charge in [-0.3, -0.25) is 4.79 Å². The van der Waals surface area contributed by atoms with Crippen molar-refractivity contribution in [3.8, 4) is 0 Å². The van der Waals surface area contributed by atoms with Crippen LogP contribution in [0.1, 0.15) is 120 Å². The molecule has 0 aromatic heterocycles. The van der Waals surface area contributed by atoms with Crippen molar-refractivity contribution in [3.05, 3.63) is 11.6 Å². The van der Waals surface area contributed by atoms with Crippen LogP contribution >= 0.6 is 0 Å². The predicted molar refractivity (Wildman–Crippen MR) is 140 cm³/mol. The van der Waals surface area contributed by atoms with E-state index in [4.69, 9.17) is 4.74 Å². The molecule has 0 heterocycles. The number of rotatable bonds is 2. The normalized spacial score (nSPS) is 51.6. The maximum absolute atomic E-state index is 11.9. The van der Waals surface area contributed by atoms with E-state index in [2.05, 4.69) is 61.5 Å². The van der Waals surface area contributed by atoms with Gasteiger partial charge in [-0.1, -0.05) is 67.0 Å². The van der Waals surface area contributed by atoms with Gasteiger partial charge in [0.1, 0.15) is 6.10 Å². The summed E-state index contributed by atoms with van der Waals surface area (Å²) in [6, 6.07) is 0. The van der Waals surface area contributed by atoms with Gasteiger partial charge in [0.2, 0.25) is 0 Å². The van der Waals surface area contributed by atoms with E-state index in [0.717, 1.165) is 36.5 Å². The number of hydrogen-bond acceptors (Lipinski definition) is 2. The quantitative estimate of drug-likeness (QED) is 0.299. The zero-order valence-corrected chi connectivity index (χ0v) is 23.7. The molecule has 0 spiro atoms. The first-order valence-electron chi connectivity index (χ1n) is 14.6. The lowest BCUT2D eigenvalue weighted by Gasteiger charge is -2.70. The highest BCUT2D eigenvalue weighted by molar-refractivity contribution is 5.66. The number of hydrogen-bond donors (Lipinski definition) is 0.